The first kappa shape index (κ1) is 22.4. The third kappa shape index (κ3) is 4.71. The van der Waals surface area contributed by atoms with E-state index in [-0.39, 0.29) is 11.1 Å². The highest BCUT2D eigenvalue weighted by molar-refractivity contribution is 8.24. The Hall–Kier alpha value is -3.77. The second kappa shape index (κ2) is 10.2. The molecule has 0 heterocycles. The van der Waals surface area contributed by atoms with Gasteiger partial charge in [0.2, 0.25) is 0 Å². The number of nitrogens with zero attached hydrogens (tertiary/aromatic N) is 1. The van der Waals surface area contributed by atoms with Crippen LogP contribution in [0.15, 0.2) is 127 Å². The molecule has 0 unspecified atom stereocenters. The highest BCUT2D eigenvalue weighted by atomic mass is 32.4. The Labute approximate surface area is 198 Å². The van der Waals surface area contributed by atoms with Crippen LogP contribution in [0.25, 0.3) is 5.76 Å². The summed E-state index contributed by atoms with van der Waals surface area (Å²) in [6.45, 7) is 0. The highest BCUT2D eigenvalue weighted by Crippen LogP contribution is 2.54. The molecular formula is C28H20NO2PS. The van der Waals surface area contributed by atoms with Gasteiger partial charge in [-0.05, 0) is 22.7 Å². The third-order valence-electron chi connectivity index (χ3n) is 5.12. The van der Waals surface area contributed by atoms with Gasteiger partial charge >= 0.3 is 5.97 Å². The molecule has 0 atom stereocenters. The summed E-state index contributed by atoms with van der Waals surface area (Å²) in [6, 6.07) is 36.7. The highest BCUT2D eigenvalue weighted by Gasteiger charge is 2.32. The summed E-state index contributed by atoms with van der Waals surface area (Å²) in [7, 11) is 0. The monoisotopic (exact) mass is 465 g/mol. The smallest absolute Gasteiger partial charge is 0.343 e. The fraction of sp³-hybridized carbons (Fsp3) is 0. The van der Waals surface area contributed by atoms with E-state index in [2.05, 4.69) is 6.07 Å². The maximum Gasteiger partial charge on any atom is 0.343 e. The van der Waals surface area contributed by atoms with E-state index in [1.807, 2.05) is 97.1 Å². The molecular weight excluding hydrogens is 445 g/mol. The number of hydrogen-bond donors (Lipinski definition) is 0. The van der Waals surface area contributed by atoms with Crippen molar-refractivity contribution in [2.45, 2.75) is 0 Å². The van der Waals surface area contributed by atoms with Crippen LogP contribution in [0.4, 0.5) is 0 Å². The summed E-state index contributed by atoms with van der Waals surface area (Å²) >= 11 is 6.34. The lowest BCUT2D eigenvalue weighted by molar-refractivity contribution is 0.0691. The summed E-state index contributed by atoms with van der Waals surface area (Å²) in [5.41, 5.74) is 1.02. The molecule has 0 spiro atoms. The summed E-state index contributed by atoms with van der Waals surface area (Å²) in [6.07, 6.45) is 0. The van der Waals surface area contributed by atoms with Crippen molar-refractivity contribution in [3.05, 3.63) is 138 Å². The van der Waals surface area contributed by atoms with E-state index in [4.69, 9.17) is 16.5 Å². The van der Waals surface area contributed by atoms with Crippen molar-refractivity contribution < 1.29 is 9.53 Å². The zero-order chi connectivity index (χ0) is 23.1. The number of allylic oxidation sites excluding steroid dienone is 1. The predicted molar refractivity (Wildman–Crippen MR) is 137 cm³/mol. The van der Waals surface area contributed by atoms with Crippen molar-refractivity contribution in [1.29, 1.82) is 5.26 Å². The Morgan fingerprint density at radius 2 is 1.06 bits per heavy atom. The van der Waals surface area contributed by atoms with E-state index in [1.165, 1.54) is 0 Å². The zero-order valence-electron chi connectivity index (χ0n) is 17.7. The first-order valence-electron chi connectivity index (χ1n) is 10.3. The van der Waals surface area contributed by atoms with Crippen LogP contribution in [0, 0.1) is 11.3 Å². The van der Waals surface area contributed by atoms with E-state index in [1.54, 1.807) is 24.3 Å². The second-order valence-electron chi connectivity index (χ2n) is 7.19. The average molecular weight is 466 g/mol. The van der Waals surface area contributed by atoms with E-state index in [0.29, 0.717) is 11.1 Å². The van der Waals surface area contributed by atoms with Gasteiger partial charge in [-0.15, -0.1) is 0 Å². The molecule has 0 aliphatic rings. The summed E-state index contributed by atoms with van der Waals surface area (Å²) in [5, 5.41) is 12.5. The minimum atomic E-state index is -2.83. The molecule has 0 bridgehead atoms. The van der Waals surface area contributed by atoms with Crippen molar-refractivity contribution in [2.75, 3.05) is 0 Å². The number of nitriles is 1. The van der Waals surface area contributed by atoms with Gasteiger partial charge in [0.1, 0.15) is 11.4 Å². The Kier molecular flexibility index (Phi) is 6.95. The molecule has 0 aliphatic heterocycles. The first-order valence-corrected chi connectivity index (χ1v) is 13.1. The van der Waals surface area contributed by atoms with Gasteiger partial charge < -0.3 is 4.74 Å². The SMILES string of the molecule is N#C/C(=C(\OC(=O)c1ccccc1)c1ccccc1)P(=S)(c1ccccc1)c1ccccc1. The van der Waals surface area contributed by atoms with Crippen LogP contribution < -0.4 is 10.6 Å². The summed E-state index contributed by atoms with van der Waals surface area (Å²) < 4.78 is 5.94. The molecule has 160 valence electrons. The molecule has 5 heteroatoms. The lowest BCUT2D eigenvalue weighted by Gasteiger charge is -2.25. The number of benzene rings is 4. The maximum atomic E-state index is 13.1. The standard InChI is InChI=1S/C28H20NO2PS/c29-21-26(32(33,24-17-9-3-10-18-24)25-19-11-4-12-20-25)27(22-13-5-1-6-14-22)31-28(30)23-15-7-2-8-16-23/h1-20H/b27-26+. The number of carbonyl (C=O) groups is 1. The van der Waals surface area contributed by atoms with E-state index in [9.17, 15) is 10.1 Å². The van der Waals surface area contributed by atoms with Gasteiger partial charge in [-0.2, -0.15) is 5.26 Å². The topological polar surface area (TPSA) is 50.1 Å². The van der Waals surface area contributed by atoms with Gasteiger partial charge in [-0.1, -0.05) is 121 Å². The summed E-state index contributed by atoms with van der Waals surface area (Å²) in [4.78, 5) is 13.1. The van der Waals surface area contributed by atoms with Gasteiger partial charge in [0.05, 0.1) is 11.6 Å². The first-order chi connectivity index (χ1) is 16.1. The number of ether oxygens (including phenoxy) is 1. The predicted octanol–water partition coefficient (Wildman–Crippen LogP) is 5.87. The molecule has 0 fully saturated rings. The Balaban J connectivity index is 1.99. The van der Waals surface area contributed by atoms with Crippen molar-refractivity contribution in [3.63, 3.8) is 0 Å². The normalized spacial score (nSPS) is 11.7. The Bertz CT molecular complexity index is 1320. The fourth-order valence-corrected chi connectivity index (χ4v) is 7.21. The molecule has 4 aromatic carbocycles. The molecule has 0 amide bonds. The molecule has 0 saturated carbocycles. The van der Waals surface area contributed by atoms with E-state index < -0.39 is 12.0 Å². The van der Waals surface area contributed by atoms with Crippen LogP contribution in [0.2, 0.25) is 0 Å². The average Bonchev–Trinajstić information content (AvgIpc) is 2.90. The number of rotatable bonds is 6. The van der Waals surface area contributed by atoms with Crippen molar-refractivity contribution in [1.82, 2.24) is 0 Å². The van der Waals surface area contributed by atoms with Crippen molar-refractivity contribution >= 4 is 40.2 Å². The van der Waals surface area contributed by atoms with Gasteiger partial charge in [0.25, 0.3) is 0 Å². The van der Waals surface area contributed by atoms with E-state index >= 15 is 0 Å². The molecule has 4 rings (SSSR count). The zero-order valence-corrected chi connectivity index (χ0v) is 19.4. The van der Waals surface area contributed by atoms with Crippen LogP contribution in [0.3, 0.4) is 0 Å². The summed E-state index contributed by atoms with van der Waals surface area (Å²) in [5.74, 6) is -0.340. The molecule has 0 aliphatic carbocycles. The number of carbonyl (C=O) groups excluding carboxylic acids is 1. The van der Waals surface area contributed by atoms with Gasteiger partial charge in [0, 0.05) is 5.56 Å². The lowest BCUT2D eigenvalue weighted by atomic mass is 10.1. The van der Waals surface area contributed by atoms with Crippen LogP contribution in [-0.2, 0) is 16.5 Å². The van der Waals surface area contributed by atoms with Gasteiger partial charge in [-0.25, -0.2) is 4.79 Å². The largest absolute Gasteiger partial charge is 0.421 e. The lowest BCUT2D eigenvalue weighted by Crippen LogP contribution is -2.18. The van der Waals surface area contributed by atoms with Crippen LogP contribution in [0.5, 0.6) is 0 Å². The Morgan fingerprint density at radius 3 is 1.48 bits per heavy atom. The molecule has 0 radical (unpaired) electrons. The minimum Gasteiger partial charge on any atom is -0.421 e. The molecule has 0 N–H and O–H groups in total. The Morgan fingerprint density at radius 1 is 0.667 bits per heavy atom. The molecule has 0 aromatic heterocycles. The van der Waals surface area contributed by atoms with E-state index in [0.717, 1.165) is 10.6 Å². The van der Waals surface area contributed by atoms with Gasteiger partial charge in [0.15, 0.2) is 5.76 Å². The fourth-order valence-electron chi connectivity index (χ4n) is 3.51. The van der Waals surface area contributed by atoms with Crippen molar-refractivity contribution in [3.8, 4) is 6.07 Å². The maximum absolute atomic E-state index is 13.1. The number of esters is 1. The molecule has 3 nitrogen and oxygen atoms in total. The molecule has 0 saturated heterocycles. The van der Waals surface area contributed by atoms with Crippen LogP contribution >= 0.6 is 6.04 Å². The second-order valence-corrected chi connectivity index (χ2v) is 11.5. The van der Waals surface area contributed by atoms with Gasteiger partial charge in [-0.3, -0.25) is 0 Å². The quantitative estimate of drug-likeness (QED) is 0.155. The van der Waals surface area contributed by atoms with Crippen molar-refractivity contribution in [2.24, 2.45) is 0 Å². The molecule has 4 aromatic rings. The third-order valence-corrected chi connectivity index (χ3v) is 9.91. The van der Waals surface area contributed by atoms with Crippen LogP contribution in [0.1, 0.15) is 15.9 Å². The number of hydrogen-bond acceptors (Lipinski definition) is 4. The minimum absolute atomic E-state index is 0.197. The molecule has 33 heavy (non-hydrogen) atoms. The van der Waals surface area contributed by atoms with Crippen LogP contribution in [-0.4, -0.2) is 5.97 Å².